The minimum Gasteiger partial charge on any atom is -0.349 e. The predicted molar refractivity (Wildman–Crippen MR) is 116 cm³/mol. The van der Waals surface area contributed by atoms with E-state index in [1.807, 2.05) is 0 Å². The van der Waals surface area contributed by atoms with Crippen LogP contribution in [0, 0.1) is 58.2 Å². The van der Waals surface area contributed by atoms with Crippen molar-refractivity contribution in [3.63, 3.8) is 0 Å². The van der Waals surface area contributed by atoms with Crippen LogP contribution in [0.5, 0.6) is 0 Å². The number of halogens is 22. The van der Waals surface area contributed by atoms with Gasteiger partial charge in [-0.25, -0.2) is 43.9 Å². The molecule has 0 heterocycles. The Morgan fingerprint density at radius 3 is 0.680 bits per heavy atom. The lowest BCUT2D eigenvalue weighted by atomic mass is 9.86. The molecule has 2 nitrogen and oxygen atoms in total. The van der Waals surface area contributed by atoms with Crippen LogP contribution in [0.25, 0.3) is 0 Å². The summed E-state index contributed by atoms with van der Waals surface area (Å²) in [5.74, 6) is -29.3. The lowest BCUT2D eigenvalue weighted by Crippen LogP contribution is -2.57. The van der Waals surface area contributed by atoms with Crippen molar-refractivity contribution in [1.82, 2.24) is 0 Å². The SMILES string of the molecule is Fc1c(F)c(F)c(COC(c2ccc(C(OCc3c(F)c(F)c(F)c(F)c3F)(C(F)(F)F)C(F)(F)F)cc2)(C(F)(F)F)C(F)(F)F)c(F)c1F. The van der Waals surface area contributed by atoms with Crippen molar-refractivity contribution in [3.05, 3.63) is 105 Å². The van der Waals surface area contributed by atoms with E-state index in [9.17, 15) is 96.6 Å². The van der Waals surface area contributed by atoms with E-state index < -0.39 is 154 Å². The summed E-state index contributed by atoms with van der Waals surface area (Å²) >= 11 is 0. The highest BCUT2D eigenvalue weighted by Gasteiger charge is 2.75. The number of ether oxygens (including phenoxy) is 2. The zero-order chi connectivity index (χ0) is 38.7. The predicted octanol–water partition coefficient (Wildman–Crippen LogP) is 10.2. The van der Waals surface area contributed by atoms with E-state index in [0.29, 0.717) is 0 Å². The highest BCUT2D eigenvalue weighted by molar-refractivity contribution is 5.36. The molecule has 0 aliphatic carbocycles. The van der Waals surface area contributed by atoms with Crippen LogP contribution in [0.3, 0.4) is 0 Å². The van der Waals surface area contributed by atoms with Crippen LogP contribution in [-0.2, 0) is 33.9 Å². The third-order valence-corrected chi connectivity index (χ3v) is 6.76. The van der Waals surface area contributed by atoms with Gasteiger partial charge in [-0.15, -0.1) is 0 Å². The van der Waals surface area contributed by atoms with Crippen molar-refractivity contribution in [2.75, 3.05) is 0 Å². The zero-order valence-corrected chi connectivity index (χ0v) is 22.9. The van der Waals surface area contributed by atoms with Gasteiger partial charge in [0.25, 0.3) is 11.2 Å². The second kappa shape index (κ2) is 13.0. The minimum atomic E-state index is -6.95. The molecule has 278 valence electrons. The Kier molecular flexibility index (Phi) is 10.5. The van der Waals surface area contributed by atoms with Gasteiger partial charge in [0, 0.05) is 11.1 Å². The van der Waals surface area contributed by atoms with Gasteiger partial charge in [-0.1, -0.05) is 24.3 Å². The van der Waals surface area contributed by atoms with Crippen LogP contribution in [0.4, 0.5) is 96.6 Å². The molecule has 0 saturated heterocycles. The van der Waals surface area contributed by atoms with Crippen molar-refractivity contribution < 1.29 is 106 Å². The van der Waals surface area contributed by atoms with Gasteiger partial charge >= 0.3 is 24.7 Å². The Morgan fingerprint density at radius 1 is 0.320 bits per heavy atom. The first kappa shape index (κ1) is 40.5. The maximum atomic E-state index is 14.1. The fourth-order valence-electron chi connectivity index (χ4n) is 4.32. The van der Waals surface area contributed by atoms with E-state index in [-0.39, 0.29) is 0 Å². The average Bonchev–Trinajstić information content (AvgIpc) is 2.98. The van der Waals surface area contributed by atoms with Gasteiger partial charge < -0.3 is 9.47 Å². The fraction of sp³-hybridized carbons (Fsp3) is 0.308. The first-order valence-corrected chi connectivity index (χ1v) is 12.2. The standard InChI is InChI=1S/C26H8F22O2/c27-11-9(12(28)16(32)19(35)15(11)31)5-49-21(23(37,38)39,24(40,41)42)7-1-2-8(4-3-7)22(25(43,44)45,26(46,47)48)50-6-10-13(29)17(33)20(36)18(34)14(10)30/h1-4H,5-6H2. The van der Waals surface area contributed by atoms with Crippen LogP contribution in [0.1, 0.15) is 22.3 Å². The monoisotopic (exact) mass is 770 g/mol. The molecule has 0 unspecified atom stereocenters. The molecule has 24 heteroatoms. The molecule has 3 rings (SSSR count). The van der Waals surface area contributed by atoms with Crippen LogP contribution in [0.2, 0.25) is 0 Å². The molecule has 0 fully saturated rings. The third-order valence-electron chi connectivity index (χ3n) is 6.76. The fourth-order valence-corrected chi connectivity index (χ4v) is 4.32. The molecule has 0 bridgehead atoms. The summed E-state index contributed by atoms with van der Waals surface area (Å²) in [6, 6.07) is -3.21. The highest BCUT2D eigenvalue weighted by atomic mass is 19.4. The molecule has 0 aliphatic rings. The lowest BCUT2D eigenvalue weighted by molar-refractivity contribution is -0.394. The van der Waals surface area contributed by atoms with Crippen molar-refractivity contribution in [3.8, 4) is 0 Å². The summed E-state index contributed by atoms with van der Waals surface area (Å²) in [7, 11) is 0. The second-order valence-corrected chi connectivity index (χ2v) is 9.61. The van der Waals surface area contributed by atoms with Gasteiger partial charge in [0.1, 0.15) is 0 Å². The number of rotatable bonds is 8. The molecule has 50 heavy (non-hydrogen) atoms. The first-order chi connectivity index (χ1) is 22.5. The molecule has 0 radical (unpaired) electrons. The Labute approximate surface area is 260 Å². The van der Waals surface area contributed by atoms with E-state index in [1.165, 1.54) is 0 Å². The summed E-state index contributed by atoms with van der Waals surface area (Å²) in [5.41, 5.74) is -22.0. The van der Waals surface area contributed by atoms with E-state index in [1.54, 1.807) is 0 Å². The molecule has 0 amide bonds. The smallest absolute Gasteiger partial charge is 0.349 e. The first-order valence-electron chi connectivity index (χ1n) is 12.2. The molecular formula is C26H8F22O2. The number of benzene rings is 3. The normalized spacial score (nSPS) is 13.7. The van der Waals surface area contributed by atoms with Gasteiger partial charge in [0.2, 0.25) is 11.6 Å². The number of hydrogen-bond acceptors (Lipinski definition) is 2. The van der Waals surface area contributed by atoms with E-state index in [0.717, 1.165) is 0 Å². The van der Waals surface area contributed by atoms with Crippen LogP contribution in [-0.4, -0.2) is 24.7 Å². The molecule has 3 aromatic carbocycles. The van der Waals surface area contributed by atoms with Gasteiger partial charge in [-0.3, -0.25) is 0 Å². The van der Waals surface area contributed by atoms with E-state index in [2.05, 4.69) is 9.47 Å². The average molecular weight is 770 g/mol. The van der Waals surface area contributed by atoms with Crippen molar-refractivity contribution in [2.45, 2.75) is 49.1 Å². The lowest BCUT2D eigenvalue weighted by Gasteiger charge is -2.39. The van der Waals surface area contributed by atoms with Crippen molar-refractivity contribution >= 4 is 0 Å². The number of hydrogen-bond donors (Lipinski definition) is 0. The molecule has 0 aromatic heterocycles. The summed E-state index contributed by atoms with van der Waals surface area (Å²) < 4.78 is 313. The summed E-state index contributed by atoms with van der Waals surface area (Å²) in [5, 5.41) is 0. The van der Waals surface area contributed by atoms with Crippen LogP contribution >= 0.6 is 0 Å². The Bertz CT molecular complexity index is 1540. The van der Waals surface area contributed by atoms with Crippen LogP contribution < -0.4 is 0 Å². The maximum Gasteiger partial charge on any atom is 0.430 e. The van der Waals surface area contributed by atoms with Crippen molar-refractivity contribution in [1.29, 1.82) is 0 Å². The highest BCUT2D eigenvalue weighted by Crippen LogP contribution is 2.56. The molecule has 3 aromatic rings. The summed E-state index contributed by atoms with van der Waals surface area (Å²) in [6.07, 6.45) is -27.8. The molecule has 0 saturated carbocycles. The Morgan fingerprint density at radius 2 is 0.500 bits per heavy atom. The van der Waals surface area contributed by atoms with Crippen molar-refractivity contribution in [2.24, 2.45) is 0 Å². The molecular weight excluding hydrogens is 762 g/mol. The van der Waals surface area contributed by atoms with E-state index >= 15 is 0 Å². The van der Waals surface area contributed by atoms with E-state index in [4.69, 9.17) is 0 Å². The van der Waals surface area contributed by atoms with Crippen LogP contribution in [0.15, 0.2) is 24.3 Å². The largest absolute Gasteiger partial charge is 0.430 e. The Balaban J connectivity index is 2.26. The maximum absolute atomic E-state index is 14.1. The zero-order valence-electron chi connectivity index (χ0n) is 22.9. The van der Waals surface area contributed by atoms with Gasteiger partial charge in [0.05, 0.1) is 24.3 Å². The number of alkyl halides is 12. The Hall–Kier alpha value is -3.96. The van der Waals surface area contributed by atoms with Gasteiger partial charge in [-0.2, -0.15) is 52.7 Å². The molecule has 0 atom stereocenters. The summed E-state index contributed by atoms with van der Waals surface area (Å²) in [4.78, 5) is 0. The molecule has 0 N–H and O–H groups in total. The second-order valence-electron chi connectivity index (χ2n) is 9.61. The van der Waals surface area contributed by atoms with Gasteiger partial charge in [-0.05, 0) is 0 Å². The third kappa shape index (κ3) is 6.27. The quantitative estimate of drug-likeness (QED) is 0.129. The molecule has 0 aliphatic heterocycles. The topological polar surface area (TPSA) is 18.5 Å². The minimum absolute atomic E-state index is 0.803. The van der Waals surface area contributed by atoms with Gasteiger partial charge in [0.15, 0.2) is 46.5 Å². The summed E-state index contributed by atoms with van der Waals surface area (Å²) in [6.45, 7) is -5.57. The molecule has 0 spiro atoms.